The van der Waals surface area contributed by atoms with Crippen LogP contribution in [0.25, 0.3) is 0 Å². The van der Waals surface area contributed by atoms with Crippen molar-refractivity contribution < 1.29 is 30.0 Å². The third-order valence-corrected chi connectivity index (χ3v) is 4.36. The molecule has 2 aliphatic rings. The number of carbonyl (C=O) groups is 1. The minimum atomic E-state index is -1.12. The van der Waals surface area contributed by atoms with Crippen molar-refractivity contribution in [1.29, 1.82) is 0 Å². The minimum Gasteiger partial charge on any atom is -0.510 e. The van der Waals surface area contributed by atoms with Gasteiger partial charge in [-0.2, -0.15) is 0 Å². The second-order valence-corrected chi connectivity index (χ2v) is 9.22. The molecule has 0 amide bonds. The Morgan fingerprint density at radius 2 is 1.50 bits per heavy atom. The van der Waals surface area contributed by atoms with Gasteiger partial charge in [-0.3, -0.25) is 4.79 Å². The number of hydrogen-bond acceptors (Lipinski definition) is 7. The van der Waals surface area contributed by atoms with Crippen molar-refractivity contribution in [3.05, 3.63) is 11.5 Å². The number of hydrogen-bond donors (Lipinski definition) is 5. The lowest BCUT2D eigenvalue weighted by atomic mass is 9.80. The molecular formula is C19H35NO6. The average molecular weight is 373 g/mol. The van der Waals surface area contributed by atoms with E-state index < -0.39 is 30.5 Å². The number of nitrogens with one attached hydrogen (secondary N) is 1. The first kappa shape index (κ1) is 22.9. The van der Waals surface area contributed by atoms with E-state index in [0.29, 0.717) is 18.5 Å². The standard InChI is InChI=1S/C10H20O4.C9H15NO2/c1-5-6(11)7(12)8(13)9(14-5)10(2,3)4;1-9(2,3)10-8-6(11)4-5-7(8)12/h5-9,11-13H,1-4H3;10-11H,4-5H2,1-3H3. The summed E-state index contributed by atoms with van der Waals surface area (Å²) in [5.41, 5.74) is -0.0134. The van der Waals surface area contributed by atoms with Crippen molar-refractivity contribution in [1.82, 2.24) is 5.32 Å². The summed E-state index contributed by atoms with van der Waals surface area (Å²) in [6, 6.07) is 0. The number of aliphatic hydroxyl groups is 4. The van der Waals surface area contributed by atoms with Crippen LogP contribution in [-0.4, -0.2) is 62.3 Å². The van der Waals surface area contributed by atoms with Crippen LogP contribution >= 0.6 is 0 Å². The topological polar surface area (TPSA) is 119 Å². The molecule has 1 aliphatic heterocycles. The molecule has 1 saturated heterocycles. The Hall–Kier alpha value is -1.15. The van der Waals surface area contributed by atoms with Crippen LogP contribution < -0.4 is 5.32 Å². The van der Waals surface area contributed by atoms with Gasteiger partial charge in [-0.1, -0.05) is 20.8 Å². The van der Waals surface area contributed by atoms with E-state index in [0.717, 1.165) is 0 Å². The third kappa shape index (κ3) is 5.94. The van der Waals surface area contributed by atoms with Crippen LogP contribution in [0.4, 0.5) is 0 Å². The van der Waals surface area contributed by atoms with Gasteiger partial charge in [0.15, 0.2) is 5.78 Å². The summed E-state index contributed by atoms with van der Waals surface area (Å²) >= 11 is 0. The number of ether oxygens (including phenoxy) is 1. The maximum absolute atomic E-state index is 11.2. The van der Waals surface area contributed by atoms with Crippen molar-refractivity contribution in [2.45, 2.75) is 97.4 Å². The molecule has 0 aromatic rings. The van der Waals surface area contributed by atoms with Gasteiger partial charge >= 0.3 is 0 Å². The predicted octanol–water partition coefficient (Wildman–Crippen LogP) is 1.41. The fourth-order valence-electron chi connectivity index (χ4n) is 2.93. The lowest BCUT2D eigenvalue weighted by molar-refractivity contribution is -0.239. The molecule has 0 saturated carbocycles. The number of Topliss-reactive ketones (excluding diaryl/α,β-unsaturated/α-hetero) is 1. The first-order chi connectivity index (χ1) is 11.6. The molecule has 5 N–H and O–H groups in total. The van der Waals surface area contributed by atoms with E-state index in [9.17, 15) is 25.2 Å². The summed E-state index contributed by atoms with van der Waals surface area (Å²) in [4.78, 5) is 11.2. The van der Waals surface area contributed by atoms with E-state index >= 15 is 0 Å². The van der Waals surface area contributed by atoms with Gasteiger partial charge < -0.3 is 30.5 Å². The quantitative estimate of drug-likeness (QED) is 0.471. The van der Waals surface area contributed by atoms with Gasteiger partial charge in [0.1, 0.15) is 29.8 Å². The summed E-state index contributed by atoms with van der Waals surface area (Å²) in [5.74, 6) is 0.220. The molecule has 7 nitrogen and oxygen atoms in total. The zero-order chi connectivity index (χ0) is 20.4. The van der Waals surface area contributed by atoms with Crippen molar-refractivity contribution >= 4 is 5.78 Å². The van der Waals surface area contributed by atoms with Crippen molar-refractivity contribution in [3.63, 3.8) is 0 Å². The Balaban J connectivity index is 0.000000263. The van der Waals surface area contributed by atoms with Crippen LogP contribution in [0.1, 0.15) is 61.3 Å². The lowest BCUT2D eigenvalue weighted by Crippen LogP contribution is -2.59. The zero-order valence-electron chi connectivity index (χ0n) is 16.9. The largest absolute Gasteiger partial charge is 0.510 e. The Bertz CT molecular complexity index is 531. The molecule has 0 bridgehead atoms. The Morgan fingerprint density at radius 1 is 0.962 bits per heavy atom. The third-order valence-electron chi connectivity index (χ3n) is 4.36. The SMILES string of the molecule is CC(C)(C)NC1=C(O)CCC1=O.CC1OC(C(C)(C)C)C(O)C(O)C1O. The van der Waals surface area contributed by atoms with Gasteiger partial charge in [0.05, 0.1) is 12.2 Å². The number of aliphatic hydroxyl groups excluding tert-OH is 4. The Labute approximate surface area is 156 Å². The van der Waals surface area contributed by atoms with E-state index in [-0.39, 0.29) is 22.5 Å². The number of carbonyl (C=O) groups excluding carboxylic acids is 1. The molecule has 7 heteroatoms. The summed E-state index contributed by atoms with van der Waals surface area (Å²) in [7, 11) is 0. The van der Waals surface area contributed by atoms with E-state index in [1.54, 1.807) is 6.92 Å². The maximum atomic E-state index is 11.2. The van der Waals surface area contributed by atoms with Gasteiger partial charge in [0.25, 0.3) is 0 Å². The highest BCUT2D eigenvalue weighted by molar-refractivity contribution is 5.97. The highest BCUT2D eigenvalue weighted by atomic mass is 16.5. The summed E-state index contributed by atoms with van der Waals surface area (Å²) in [6.45, 7) is 13.4. The zero-order valence-corrected chi connectivity index (χ0v) is 16.9. The molecule has 152 valence electrons. The molecule has 1 heterocycles. The smallest absolute Gasteiger partial charge is 0.182 e. The summed E-state index contributed by atoms with van der Waals surface area (Å²) < 4.78 is 5.49. The molecule has 5 atom stereocenters. The van der Waals surface area contributed by atoms with E-state index in [4.69, 9.17) is 4.74 Å². The van der Waals surface area contributed by atoms with E-state index in [1.165, 1.54) is 0 Å². The molecule has 0 spiro atoms. The number of allylic oxidation sites excluding steroid dienone is 2. The van der Waals surface area contributed by atoms with E-state index in [1.807, 2.05) is 41.5 Å². The number of ketones is 1. The van der Waals surface area contributed by atoms with Crippen LogP contribution in [0.3, 0.4) is 0 Å². The molecule has 2 rings (SSSR count). The van der Waals surface area contributed by atoms with Gasteiger partial charge in [0.2, 0.25) is 0 Å². The van der Waals surface area contributed by atoms with Gasteiger partial charge in [0, 0.05) is 18.4 Å². The highest BCUT2D eigenvalue weighted by Gasteiger charge is 2.46. The molecule has 1 fully saturated rings. The van der Waals surface area contributed by atoms with Gasteiger partial charge in [-0.05, 0) is 33.1 Å². The monoisotopic (exact) mass is 373 g/mol. The minimum absolute atomic E-state index is 0.0161. The van der Waals surface area contributed by atoms with Crippen LogP contribution in [0, 0.1) is 5.41 Å². The molecule has 26 heavy (non-hydrogen) atoms. The maximum Gasteiger partial charge on any atom is 0.182 e. The van der Waals surface area contributed by atoms with Crippen LogP contribution in [0.15, 0.2) is 11.5 Å². The van der Waals surface area contributed by atoms with Crippen molar-refractivity contribution in [3.8, 4) is 0 Å². The first-order valence-electron chi connectivity index (χ1n) is 9.08. The summed E-state index contributed by atoms with van der Waals surface area (Å²) in [6.07, 6.45) is -3.14. The van der Waals surface area contributed by atoms with Crippen LogP contribution in [0.5, 0.6) is 0 Å². The first-order valence-corrected chi connectivity index (χ1v) is 9.08. The molecule has 0 radical (unpaired) electrons. The normalized spacial score (nSPS) is 33.0. The lowest BCUT2D eigenvalue weighted by Gasteiger charge is -2.44. The van der Waals surface area contributed by atoms with E-state index in [2.05, 4.69) is 5.32 Å². The second-order valence-electron chi connectivity index (χ2n) is 9.22. The highest BCUT2D eigenvalue weighted by Crippen LogP contribution is 2.32. The Kier molecular flexibility index (Phi) is 7.26. The molecule has 5 unspecified atom stereocenters. The van der Waals surface area contributed by atoms with Crippen molar-refractivity contribution in [2.24, 2.45) is 5.41 Å². The fourth-order valence-corrected chi connectivity index (χ4v) is 2.93. The summed E-state index contributed by atoms with van der Waals surface area (Å²) in [5, 5.41) is 41.1. The van der Waals surface area contributed by atoms with Gasteiger partial charge in [-0.25, -0.2) is 0 Å². The average Bonchev–Trinajstić information content (AvgIpc) is 2.78. The van der Waals surface area contributed by atoms with Gasteiger partial charge in [-0.15, -0.1) is 0 Å². The van der Waals surface area contributed by atoms with Crippen molar-refractivity contribution in [2.75, 3.05) is 0 Å². The predicted molar refractivity (Wildman–Crippen MR) is 98.6 cm³/mol. The fraction of sp³-hybridized carbons (Fsp3) is 0.842. The van der Waals surface area contributed by atoms with Crippen LogP contribution in [-0.2, 0) is 9.53 Å². The molecule has 0 aromatic carbocycles. The second kappa shape index (κ2) is 8.25. The Morgan fingerprint density at radius 3 is 1.88 bits per heavy atom. The molecule has 1 aliphatic carbocycles. The van der Waals surface area contributed by atoms with Crippen LogP contribution in [0.2, 0.25) is 0 Å². The molecule has 0 aromatic heterocycles. The molecular weight excluding hydrogens is 338 g/mol. The number of rotatable bonds is 1.